The second-order valence-corrected chi connectivity index (χ2v) is 7.24. The first-order chi connectivity index (χ1) is 15.1. The van der Waals surface area contributed by atoms with Gasteiger partial charge in [-0.1, -0.05) is 42.5 Å². The Bertz CT molecular complexity index is 1330. The van der Waals surface area contributed by atoms with Crippen molar-refractivity contribution in [1.29, 1.82) is 0 Å². The van der Waals surface area contributed by atoms with Crippen molar-refractivity contribution in [3.8, 4) is 33.9 Å². The first-order valence-corrected chi connectivity index (χ1v) is 9.69. The molecule has 2 aliphatic heterocycles. The van der Waals surface area contributed by atoms with Gasteiger partial charge >= 0.3 is 0 Å². The molecule has 0 aromatic heterocycles. The van der Waals surface area contributed by atoms with Crippen LogP contribution in [0, 0.1) is 17.5 Å². The molecule has 0 aliphatic carbocycles. The summed E-state index contributed by atoms with van der Waals surface area (Å²) in [5.41, 5.74) is 4.29. The highest BCUT2D eigenvalue weighted by Crippen LogP contribution is 2.27. The molecule has 5 rings (SSSR count). The Morgan fingerprint density at radius 3 is 2.13 bits per heavy atom. The molecule has 3 aromatic rings. The third-order valence-electron chi connectivity index (χ3n) is 5.12. The zero-order valence-electron chi connectivity index (χ0n) is 16.3. The smallest absolute Gasteiger partial charge is 0.169 e. The lowest BCUT2D eigenvalue weighted by Gasteiger charge is -2.09. The van der Waals surface area contributed by atoms with Crippen LogP contribution >= 0.6 is 0 Å². The van der Waals surface area contributed by atoms with Gasteiger partial charge in [-0.25, -0.2) is 23.1 Å². The van der Waals surface area contributed by atoms with Gasteiger partial charge in [0.2, 0.25) is 0 Å². The fourth-order valence-corrected chi connectivity index (χ4v) is 3.50. The zero-order chi connectivity index (χ0) is 21.4. The maximum atomic E-state index is 14.1. The van der Waals surface area contributed by atoms with Gasteiger partial charge in [-0.05, 0) is 47.0 Å². The Labute approximate surface area is 176 Å². The highest BCUT2D eigenvalue weighted by atomic mass is 19.2. The fourth-order valence-electron chi connectivity index (χ4n) is 3.50. The average molecular weight is 415 g/mol. The van der Waals surface area contributed by atoms with E-state index in [1.807, 2.05) is 41.2 Å². The molecule has 0 saturated carbocycles. The van der Waals surface area contributed by atoms with Gasteiger partial charge in [-0.2, -0.15) is 0 Å². The van der Waals surface area contributed by atoms with Crippen molar-refractivity contribution >= 4 is 0 Å². The van der Waals surface area contributed by atoms with E-state index < -0.39 is 11.6 Å². The van der Waals surface area contributed by atoms with E-state index in [9.17, 15) is 13.2 Å². The summed E-state index contributed by atoms with van der Waals surface area (Å²) in [4.78, 5) is 8.71. The van der Waals surface area contributed by atoms with E-state index in [0.717, 1.165) is 22.8 Å². The fraction of sp³-hybridized carbons (Fsp3) is 0.0400. The molecule has 0 saturated heterocycles. The molecule has 0 bridgehead atoms. The van der Waals surface area contributed by atoms with Crippen LogP contribution in [0.15, 0.2) is 85.2 Å². The van der Waals surface area contributed by atoms with Gasteiger partial charge in [0.25, 0.3) is 0 Å². The lowest BCUT2D eigenvalue weighted by atomic mass is 10.0. The Balaban J connectivity index is 1.39. The molecule has 152 valence electrons. The molecule has 0 fully saturated rings. The molecule has 2 heterocycles. The number of nitrogens with zero attached hydrogens (tertiary/aromatic N) is 3. The lowest BCUT2D eigenvalue weighted by Crippen LogP contribution is -2.00. The Morgan fingerprint density at radius 1 is 0.710 bits per heavy atom. The summed E-state index contributed by atoms with van der Waals surface area (Å²) in [6, 6.07) is 20.2. The van der Waals surface area contributed by atoms with Gasteiger partial charge < -0.3 is 4.57 Å². The van der Waals surface area contributed by atoms with Crippen molar-refractivity contribution in [2.75, 3.05) is 0 Å². The van der Waals surface area contributed by atoms with Crippen LogP contribution in [0.4, 0.5) is 13.2 Å². The van der Waals surface area contributed by atoms with E-state index >= 15 is 0 Å². The van der Waals surface area contributed by atoms with Crippen LogP contribution in [0.1, 0.15) is 5.56 Å². The van der Waals surface area contributed by atoms with Gasteiger partial charge in [0.1, 0.15) is 11.5 Å². The molecular weight excluding hydrogens is 399 g/mol. The normalized spacial score (nSPS) is 11.2. The summed E-state index contributed by atoms with van der Waals surface area (Å²) in [5.74, 6) is -1.98. The summed E-state index contributed by atoms with van der Waals surface area (Å²) < 4.78 is 42.7. The predicted octanol–water partition coefficient (Wildman–Crippen LogP) is 6.18. The second kappa shape index (κ2) is 7.72. The van der Waals surface area contributed by atoms with Crippen molar-refractivity contribution in [2.24, 2.45) is 0 Å². The summed E-state index contributed by atoms with van der Waals surface area (Å²) in [6.07, 6.45) is 3.70. The van der Waals surface area contributed by atoms with Crippen LogP contribution < -0.4 is 0 Å². The minimum absolute atomic E-state index is 0.0409. The second-order valence-electron chi connectivity index (χ2n) is 7.24. The third kappa shape index (κ3) is 3.80. The highest BCUT2D eigenvalue weighted by Gasteiger charge is 2.17. The monoisotopic (exact) mass is 415 g/mol. The maximum absolute atomic E-state index is 14.1. The van der Waals surface area contributed by atoms with Crippen LogP contribution in [0.5, 0.6) is 0 Å². The lowest BCUT2D eigenvalue weighted by molar-refractivity contribution is 0.510. The predicted molar refractivity (Wildman–Crippen MR) is 113 cm³/mol. The standard InChI is InChI=1S/C25H16F3N3/c26-19-10-8-18(9-11-19)17-6-4-16(5-7-17)14-31-13-12-22-23(15-31)30-25(29-22)20-2-1-3-21(27)24(20)28/h1-13,15H,14H2. The molecular formula is C25H16F3N3. The quantitative estimate of drug-likeness (QED) is 0.351. The SMILES string of the molecule is Fc1ccc(-c2ccc(Cn3ccc4nc(-c5cccc(F)c5F)nc-4c3)cc2)cc1. The van der Waals surface area contributed by atoms with Gasteiger partial charge in [-0.15, -0.1) is 0 Å². The number of hydrogen-bond donors (Lipinski definition) is 0. The summed E-state index contributed by atoms with van der Waals surface area (Å²) >= 11 is 0. The van der Waals surface area contributed by atoms with Crippen molar-refractivity contribution in [3.05, 3.63) is 108 Å². The van der Waals surface area contributed by atoms with Crippen LogP contribution in [0.3, 0.4) is 0 Å². The van der Waals surface area contributed by atoms with Crippen LogP contribution in [-0.2, 0) is 6.54 Å². The zero-order valence-corrected chi connectivity index (χ0v) is 16.3. The van der Waals surface area contributed by atoms with Crippen molar-refractivity contribution in [2.45, 2.75) is 6.54 Å². The summed E-state index contributed by atoms with van der Waals surface area (Å²) in [7, 11) is 0. The number of fused-ring (bicyclic) bond motifs is 1. The Kier molecular flexibility index (Phi) is 4.75. The van der Waals surface area contributed by atoms with E-state index in [0.29, 0.717) is 17.9 Å². The van der Waals surface area contributed by atoms with Crippen LogP contribution in [0.2, 0.25) is 0 Å². The summed E-state index contributed by atoms with van der Waals surface area (Å²) in [6.45, 7) is 0.607. The minimum Gasteiger partial charge on any atom is -0.348 e. The number of pyridine rings is 1. The molecule has 31 heavy (non-hydrogen) atoms. The molecule has 3 aromatic carbocycles. The molecule has 0 unspecified atom stereocenters. The topological polar surface area (TPSA) is 30.7 Å². The number of rotatable bonds is 4. The first-order valence-electron chi connectivity index (χ1n) is 9.69. The molecule has 0 atom stereocenters. The van der Waals surface area contributed by atoms with Crippen LogP contribution in [0.25, 0.3) is 33.9 Å². The van der Waals surface area contributed by atoms with Gasteiger partial charge in [0.15, 0.2) is 17.5 Å². The number of benzene rings is 3. The minimum atomic E-state index is -0.952. The average Bonchev–Trinajstić information content (AvgIpc) is 3.20. The molecule has 0 spiro atoms. The highest BCUT2D eigenvalue weighted by molar-refractivity contribution is 5.66. The Morgan fingerprint density at radius 2 is 1.39 bits per heavy atom. The maximum Gasteiger partial charge on any atom is 0.169 e. The van der Waals surface area contributed by atoms with E-state index in [-0.39, 0.29) is 17.2 Å². The van der Waals surface area contributed by atoms with Crippen molar-refractivity contribution < 1.29 is 13.2 Å². The van der Waals surface area contributed by atoms with Crippen molar-refractivity contribution in [1.82, 2.24) is 14.5 Å². The largest absolute Gasteiger partial charge is 0.348 e. The molecule has 3 nitrogen and oxygen atoms in total. The van der Waals surface area contributed by atoms with E-state index in [4.69, 9.17) is 0 Å². The molecule has 2 aliphatic rings. The third-order valence-corrected chi connectivity index (χ3v) is 5.12. The van der Waals surface area contributed by atoms with E-state index in [1.54, 1.807) is 18.2 Å². The molecule has 0 amide bonds. The van der Waals surface area contributed by atoms with E-state index in [2.05, 4.69) is 9.97 Å². The van der Waals surface area contributed by atoms with Gasteiger partial charge in [-0.3, -0.25) is 0 Å². The van der Waals surface area contributed by atoms with E-state index in [1.165, 1.54) is 24.3 Å². The summed E-state index contributed by atoms with van der Waals surface area (Å²) in [5, 5.41) is 0. The molecule has 6 heteroatoms. The number of halogens is 3. The molecule has 0 radical (unpaired) electrons. The first kappa shape index (κ1) is 19.1. The van der Waals surface area contributed by atoms with Crippen molar-refractivity contribution in [3.63, 3.8) is 0 Å². The molecule has 0 N–H and O–H groups in total. The number of imidazole rings is 1. The van der Waals surface area contributed by atoms with Gasteiger partial charge in [0.05, 0.1) is 11.3 Å². The Hall–Kier alpha value is -3.93. The number of aromatic nitrogens is 3. The number of hydrogen-bond acceptors (Lipinski definition) is 2. The van der Waals surface area contributed by atoms with Crippen LogP contribution in [-0.4, -0.2) is 14.5 Å². The van der Waals surface area contributed by atoms with Gasteiger partial charge in [0, 0.05) is 18.9 Å².